The van der Waals surface area contributed by atoms with Crippen molar-refractivity contribution in [3.05, 3.63) is 46.7 Å². The van der Waals surface area contributed by atoms with Crippen LogP contribution in [0.1, 0.15) is 30.0 Å². The largest absolute Gasteiger partial charge is 0.490 e. The first-order valence-electron chi connectivity index (χ1n) is 13.5. The number of nitrogens with zero attached hydrogens (tertiary/aromatic N) is 3. The summed E-state index contributed by atoms with van der Waals surface area (Å²) in [5, 5.41) is 3.17. The first kappa shape index (κ1) is 30.4. The molecule has 1 N–H and O–H groups in total. The molecule has 3 fully saturated rings. The number of carbonyl (C=O) groups excluding carboxylic acids is 3. The number of thiophene rings is 1. The molecule has 3 aliphatic rings. The van der Waals surface area contributed by atoms with E-state index in [1.54, 1.807) is 12.1 Å². The maximum atomic E-state index is 13.7. The molecular weight excluding hydrogens is 618 g/mol. The Morgan fingerprint density at radius 2 is 1.91 bits per heavy atom. The van der Waals surface area contributed by atoms with Crippen molar-refractivity contribution in [2.75, 3.05) is 19.7 Å². The molecule has 3 atom stereocenters. The lowest BCUT2D eigenvalue weighted by Crippen LogP contribution is -2.45. The summed E-state index contributed by atoms with van der Waals surface area (Å²) in [7, 11) is 0. The summed E-state index contributed by atoms with van der Waals surface area (Å²) in [6.45, 7) is 3.98. The van der Waals surface area contributed by atoms with E-state index in [9.17, 15) is 40.7 Å². The Hall–Kier alpha value is -3.63. The Morgan fingerprint density at radius 1 is 1.16 bits per heavy atom. The van der Waals surface area contributed by atoms with Crippen LogP contribution in [0.15, 0.2) is 30.6 Å². The summed E-state index contributed by atoms with van der Waals surface area (Å²) >= 11 is 1.06. The van der Waals surface area contributed by atoms with Gasteiger partial charge >= 0.3 is 18.3 Å². The second kappa shape index (κ2) is 10.2. The van der Waals surface area contributed by atoms with Gasteiger partial charge in [0.05, 0.1) is 46.6 Å². The van der Waals surface area contributed by atoms with E-state index < -0.39 is 52.6 Å². The summed E-state index contributed by atoms with van der Waals surface area (Å²) in [6.07, 6.45) is -7.93. The van der Waals surface area contributed by atoms with Gasteiger partial charge in [-0.1, -0.05) is 13.8 Å². The summed E-state index contributed by atoms with van der Waals surface area (Å²) < 4.78 is 90.9. The molecule has 2 aliphatic heterocycles. The first-order valence-corrected chi connectivity index (χ1v) is 14.3. The van der Waals surface area contributed by atoms with Crippen LogP contribution in [0.2, 0.25) is 0 Å². The van der Waals surface area contributed by atoms with Gasteiger partial charge in [0.25, 0.3) is 5.91 Å². The fraction of sp³-hybridized carbons (Fsp3) is 0.464. The van der Waals surface area contributed by atoms with Crippen molar-refractivity contribution in [3.63, 3.8) is 0 Å². The van der Waals surface area contributed by atoms with Crippen LogP contribution >= 0.6 is 11.3 Å². The number of aromatic nitrogens is 2. The predicted octanol–water partition coefficient (Wildman–Crippen LogP) is 4.28. The number of imide groups is 1. The highest BCUT2D eigenvalue weighted by molar-refractivity contribution is 7.19. The molecule has 44 heavy (non-hydrogen) atoms. The van der Waals surface area contributed by atoms with Gasteiger partial charge in [-0.15, -0.1) is 11.3 Å². The Labute approximate surface area is 249 Å². The molecule has 1 aliphatic carbocycles. The van der Waals surface area contributed by atoms with Crippen LogP contribution in [0, 0.1) is 11.3 Å². The molecule has 3 aromatic heterocycles. The van der Waals surface area contributed by atoms with E-state index in [0.29, 0.717) is 46.0 Å². The number of carbonyl (C=O) groups is 3. The number of ether oxygens (including phenoxy) is 2. The van der Waals surface area contributed by atoms with E-state index in [0.717, 1.165) is 28.5 Å². The van der Waals surface area contributed by atoms with Crippen LogP contribution in [0.25, 0.3) is 21.3 Å². The zero-order valence-corrected chi connectivity index (χ0v) is 24.0. The van der Waals surface area contributed by atoms with Crippen molar-refractivity contribution < 1.29 is 50.2 Å². The predicted molar refractivity (Wildman–Crippen MR) is 142 cm³/mol. The van der Waals surface area contributed by atoms with Crippen LogP contribution in [0.3, 0.4) is 0 Å². The number of esters is 1. The van der Waals surface area contributed by atoms with Crippen molar-refractivity contribution in [1.82, 2.24) is 20.2 Å². The number of amides is 2. The number of likely N-dealkylation sites (tertiary alicyclic amines) is 1. The number of morpholine rings is 1. The number of hydrogen-bond acceptors (Lipinski definition) is 9. The van der Waals surface area contributed by atoms with E-state index in [4.69, 9.17) is 4.74 Å². The molecule has 2 saturated heterocycles. The lowest BCUT2D eigenvalue weighted by molar-refractivity contribution is -0.209. The van der Waals surface area contributed by atoms with E-state index in [1.807, 2.05) is 0 Å². The third-order valence-electron chi connectivity index (χ3n) is 8.35. The maximum Gasteiger partial charge on any atom is 0.490 e. The fourth-order valence-electron chi connectivity index (χ4n) is 6.09. The van der Waals surface area contributed by atoms with Gasteiger partial charge in [-0.2, -0.15) is 26.3 Å². The number of halogens is 6. The zero-order chi connectivity index (χ0) is 31.8. The number of piperidine rings is 1. The quantitative estimate of drug-likeness (QED) is 0.241. The van der Waals surface area contributed by atoms with Gasteiger partial charge in [-0.3, -0.25) is 24.5 Å². The molecule has 2 unspecified atom stereocenters. The molecule has 3 aromatic rings. The number of pyridine rings is 2. The van der Waals surface area contributed by atoms with Crippen molar-refractivity contribution in [2.24, 2.45) is 11.3 Å². The molecule has 5 heterocycles. The zero-order valence-electron chi connectivity index (χ0n) is 23.1. The van der Waals surface area contributed by atoms with Crippen molar-refractivity contribution in [2.45, 2.75) is 50.9 Å². The van der Waals surface area contributed by atoms with Crippen molar-refractivity contribution >= 4 is 39.3 Å². The third kappa shape index (κ3) is 4.83. The summed E-state index contributed by atoms with van der Waals surface area (Å²) in [5.41, 5.74) is -3.22. The molecule has 1 saturated carbocycles. The monoisotopic (exact) mass is 642 g/mol. The smallest absolute Gasteiger partial charge is 0.441 e. The molecule has 234 valence electrons. The number of fused-ring (bicyclic) bond motifs is 2. The molecule has 6 rings (SSSR count). The Bertz CT molecular complexity index is 1680. The van der Waals surface area contributed by atoms with E-state index in [2.05, 4.69) is 20.0 Å². The Morgan fingerprint density at radius 3 is 2.57 bits per heavy atom. The highest BCUT2D eigenvalue weighted by Crippen LogP contribution is 2.69. The lowest BCUT2D eigenvalue weighted by Gasteiger charge is -2.24. The highest BCUT2D eigenvalue weighted by atomic mass is 32.1. The topological polar surface area (TPSA) is 111 Å². The van der Waals surface area contributed by atoms with E-state index in [-0.39, 0.29) is 24.6 Å². The van der Waals surface area contributed by atoms with Crippen LogP contribution in [0.5, 0.6) is 0 Å². The molecule has 0 spiro atoms. The van der Waals surface area contributed by atoms with Gasteiger partial charge in [-0.05, 0) is 18.2 Å². The SMILES string of the molecule is CC1(C)C2C(=O)N(Cc3cc4nccc(-c5cc(C(F)(F)F)cnc5C[C@@H]5CNCCO5)c4s3)C(=O)C21OC(=O)C(F)(F)F. The minimum Gasteiger partial charge on any atom is -0.441 e. The second-order valence-electron chi connectivity index (χ2n) is 11.4. The number of hydrogen-bond donors (Lipinski definition) is 1. The number of rotatable bonds is 6. The number of nitrogens with one attached hydrogen (secondary N) is 1. The van der Waals surface area contributed by atoms with Gasteiger partial charge in [0.15, 0.2) is 0 Å². The molecule has 16 heteroatoms. The highest BCUT2D eigenvalue weighted by Gasteiger charge is 2.88. The first-order chi connectivity index (χ1) is 20.6. The molecule has 0 radical (unpaired) electrons. The summed E-state index contributed by atoms with van der Waals surface area (Å²) in [4.78, 5) is 47.8. The molecule has 0 bridgehead atoms. The van der Waals surface area contributed by atoms with Crippen LogP contribution < -0.4 is 5.32 Å². The van der Waals surface area contributed by atoms with Crippen LogP contribution in [0.4, 0.5) is 26.3 Å². The summed E-state index contributed by atoms with van der Waals surface area (Å²) in [5.74, 6) is -5.70. The average molecular weight is 643 g/mol. The minimum atomic E-state index is -5.36. The van der Waals surface area contributed by atoms with Gasteiger partial charge < -0.3 is 14.8 Å². The third-order valence-corrected chi connectivity index (χ3v) is 9.50. The fourth-order valence-corrected chi connectivity index (χ4v) is 7.22. The Kier molecular flexibility index (Phi) is 7.05. The summed E-state index contributed by atoms with van der Waals surface area (Å²) in [6, 6.07) is 4.09. The van der Waals surface area contributed by atoms with Gasteiger partial charge in [0.1, 0.15) is 0 Å². The molecular formula is C28H24F6N4O5S. The Balaban J connectivity index is 1.34. The van der Waals surface area contributed by atoms with Gasteiger partial charge in [-0.25, -0.2) is 4.79 Å². The standard InChI is InChI=1S/C28H24F6N4O5S/c1-25(2)21-22(39)38(23(40)26(21,25)43-24(41)28(32,33)34)12-15-9-19-20(44-15)16(3-4-36-19)17-7-13(27(29,30)31)10-37-18(17)8-14-11-35-5-6-42-14/h3-4,7,9-10,14,21,35H,5-6,8,11-12H2,1-2H3/t14-,21?,26?/m1/s1. The molecule has 0 aromatic carbocycles. The number of alkyl halides is 6. The van der Waals surface area contributed by atoms with E-state index in [1.165, 1.54) is 20.0 Å². The second-order valence-corrected chi connectivity index (χ2v) is 12.5. The van der Waals surface area contributed by atoms with Gasteiger partial charge in [0.2, 0.25) is 11.5 Å². The molecule has 9 nitrogen and oxygen atoms in total. The normalized spacial score (nSPS) is 25.0. The molecule has 2 amide bonds. The lowest BCUT2D eigenvalue weighted by atomic mass is 9.98. The van der Waals surface area contributed by atoms with Crippen LogP contribution in [-0.4, -0.2) is 70.2 Å². The van der Waals surface area contributed by atoms with Gasteiger partial charge in [0, 0.05) is 53.3 Å². The maximum absolute atomic E-state index is 13.7. The van der Waals surface area contributed by atoms with Crippen LogP contribution in [-0.2, 0) is 43.0 Å². The average Bonchev–Trinajstić information content (AvgIpc) is 3.17. The van der Waals surface area contributed by atoms with Crippen molar-refractivity contribution in [3.8, 4) is 11.1 Å². The van der Waals surface area contributed by atoms with E-state index >= 15 is 0 Å². The van der Waals surface area contributed by atoms with Crippen molar-refractivity contribution in [1.29, 1.82) is 0 Å². The minimum absolute atomic E-state index is 0.212.